The van der Waals surface area contributed by atoms with Gasteiger partial charge in [0.15, 0.2) is 8.81 Å². The lowest BCUT2D eigenvalue weighted by atomic mass is 10.6. The van der Waals surface area contributed by atoms with Gasteiger partial charge in [0, 0.05) is 0 Å². The summed E-state index contributed by atoms with van der Waals surface area (Å²) in [6.07, 6.45) is 5.60. The van der Waals surface area contributed by atoms with Crippen molar-refractivity contribution in [2.45, 2.75) is 0 Å². The van der Waals surface area contributed by atoms with Crippen LogP contribution in [-0.4, -0.2) is 0 Å². The van der Waals surface area contributed by atoms with Crippen molar-refractivity contribution in [1.29, 1.82) is 0 Å². The number of allylic oxidation sites excluding steroid dienone is 2. The minimum Gasteiger partial charge on any atom is -1.00 e. The van der Waals surface area contributed by atoms with E-state index in [0.717, 1.165) is 0 Å². The van der Waals surface area contributed by atoms with E-state index in [0.29, 0.717) is 0 Å². The van der Waals surface area contributed by atoms with Gasteiger partial charge >= 0.3 is 0 Å². The van der Waals surface area contributed by atoms with Crippen molar-refractivity contribution in [3.63, 3.8) is 0 Å². The van der Waals surface area contributed by atoms with E-state index in [1.165, 1.54) is 0 Å². The number of hydrogen-bond acceptors (Lipinski definition) is 1. The van der Waals surface area contributed by atoms with Crippen molar-refractivity contribution in [3.8, 4) is 0 Å². The predicted molar refractivity (Wildman–Crippen MR) is 29.1 cm³/mol. The number of halogens is 1. The summed E-state index contributed by atoms with van der Waals surface area (Å²) in [6.45, 7) is 0. The summed E-state index contributed by atoms with van der Waals surface area (Å²) in [5.41, 5.74) is 0. The van der Waals surface area contributed by atoms with Crippen LogP contribution in [0.15, 0.2) is 24.2 Å². The van der Waals surface area contributed by atoms with Crippen LogP contribution in [0, 0.1) is 0 Å². The Bertz CT molecular complexity index is 77.7. The van der Waals surface area contributed by atoms with Crippen molar-refractivity contribution in [2.24, 2.45) is 0 Å². The van der Waals surface area contributed by atoms with Crippen LogP contribution in [-0.2, 0) is 4.52 Å². The summed E-state index contributed by atoms with van der Waals surface area (Å²) < 4.78 is 4.89. The highest BCUT2D eigenvalue weighted by Crippen LogP contribution is 2.16. The SMILES string of the molecule is C1=CO[PH2+]C=C1.[Cl-]. The summed E-state index contributed by atoms with van der Waals surface area (Å²) in [6, 6.07) is 0. The van der Waals surface area contributed by atoms with E-state index in [4.69, 9.17) is 4.52 Å². The average molecular weight is 137 g/mol. The molecule has 3 heteroatoms. The maximum Gasteiger partial charge on any atom is 0.190 e. The van der Waals surface area contributed by atoms with Crippen molar-refractivity contribution in [2.75, 3.05) is 0 Å². The lowest BCUT2D eigenvalue weighted by Gasteiger charge is -1.85. The third-order valence-corrected chi connectivity index (χ3v) is 1.23. The Hall–Kier alpha value is -0.0000000000000000555. The zero-order chi connectivity index (χ0) is 4.24. The second kappa shape index (κ2) is 4.17. The van der Waals surface area contributed by atoms with Crippen LogP contribution in [0.3, 0.4) is 0 Å². The van der Waals surface area contributed by atoms with Crippen molar-refractivity contribution >= 4 is 8.81 Å². The monoisotopic (exact) mass is 136 g/mol. The molecule has 1 heterocycles. The Morgan fingerprint density at radius 1 is 1.29 bits per heavy atom. The molecule has 0 saturated carbocycles. The van der Waals surface area contributed by atoms with E-state index >= 15 is 0 Å². The maximum absolute atomic E-state index is 4.89. The predicted octanol–water partition coefficient (Wildman–Crippen LogP) is -1.63. The van der Waals surface area contributed by atoms with Crippen LogP contribution in [0.4, 0.5) is 0 Å². The summed E-state index contributed by atoms with van der Waals surface area (Å²) >= 11 is 0. The van der Waals surface area contributed by atoms with Crippen LogP contribution >= 0.6 is 8.81 Å². The average Bonchev–Trinajstić information content (AvgIpc) is 1.72. The van der Waals surface area contributed by atoms with Gasteiger partial charge < -0.3 is 16.9 Å². The van der Waals surface area contributed by atoms with Gasteiger partial charge in [0.2, 0.25) is 0 Å². The number of rotatable bonds is 0. The van der Waals surface area contributed by atoms with Gasteiger partial charge in [0.25, 0.3) is 0 Å². The lowest BCUT2D eigenvalue weighted by Crippen LogP contribution is -3.00. The summed E-state index contributed by atoms with van der Waals surface area (Å²) in [5.74, 6) is 2.04. The van der Waals surface area contributed by atoms with E-state index in [1.54, 1.807) is 6.26 Å². The Balaban J connectivity index is 0.000000360. The zero-order valence-corrected chi connectivity index (χ0v) is 5.58. The first-order valence-corrected chi connectivity index (χ1v) is 2.94. The fourth-order valence-corrected chi connectivity index (χ4v) is 0.782. The molecule has 1 rings (SSSR count). The Morgan fingerprint density at radius 3 is 2.29 bits per heavy atom. The van der Waals surface area contributed by atoms with E-state index in [2.05, 4.69) is 0 Å². The molecule has 1 unspecified atom stereocenters. The third-order valence-electron chi connectivity index (χ3n) is 0.536. The molecule has 0 amide bonds. The fraction of sp³-hybridized carbons (Fsp3) is 0. The molecule has 0 aromatic heterocycles. The second-order valence-corrected chi connectivity index (χ2v) is 1.91. The molecule has 0 saturated heterocycles. The van der Waals surface area contributed by atoms with Crippen LogP contribution in [0.2, 0.25) is 0 Å². The smallest absolute Gasteiger partial charge is 0.190 e. The van der Waals surface area contributed by atoms with Crippen molar-refractivity contribution in [3.05, 3.63) is 24.2 Å². The Kier molecular flexibility index (Phi) is 4.17. The van der Waals surface area contributed by atoms with Gasteiger partial charge in [-0.3, -0.25) is 0 Å². The van der Waals surface area contributed by atoms with Gasteiger partial charge in [-0.2, -0.15) is 0 Å². The molecular weight excluding hydrogens is 130 g/mol. The highest BCUT2D eigenvalue weighted by Gasteiger charge is 1.83. The Labute approximate surface area is 50.7 Å². The molecule has 0 aliphatic carbocycles. The summed E-state index contributed by atoms with van der Waals surface area (Å²) in [7, 11) is 0.138. The first kappa shape index (κ1) is 7.00. The second-order valence-electron chi connectivity index (χ2n) is 0.986. The molecular formula is C4H6ClOP. The van der Waals surface area contributed by atoms with E-state index in [-0.39, 0.29) is 21.2 Å². The van der Waals surface area contributed by atoms with Crippen LogP contribution in [0.25, 0.3) is 0 Å². The molecule has 0 fully saturated rings. The molecule has 40 valence electrons. The molecule has 1 atom stereocenters. The standard InChI is InChI=1S/C4H5OP.ClH/c1-2-4-6-5-3-1;/h1-4,6H;1H. The van der Waals surface area contributed by atoms with E-state index < -0.39 is 0 Å². The van der Waals surface area contributed by atoms with Gasteiger partial charge in [0.05, 0.1) is 5.82 Å². The lowest BCUT2D eigenvalue weighted by molar-refractivity contribution is -0.00000159. The van der Waals surface area contributed by atoms with Crippen LogP contribution in [0.5, 0.6) is 0 Å². The van der Waals surface area contributed by atoms with Gasteiger partial charge in [-0.15, -0.1) is 0 Å². The molecule has 0 bridgehead atoms. The highest BCUT2D eigenvalue weighted by atomic mass is 35.5. The van der Waals surface area contributed by atoms with Gasteiger partial charge in [-0.1, -0.05) is 0 Å². The van der Waals surface area contributed by atoms with E-state index in [1.807, 2.05) is 18.0 Å². The molecule has 1 aliphatic heterocycles. The summed E-state index contributed by atoms with van der Waals surface area (Å²) in [4.78, 5) is 0. The fourth-order valence-electron chi connectivity index (χ4n) is 0.291. The Morgan fingerprint density at radius 2 is 2.14 bits per heavy atom. The van der Waals surface area contributed by atoms with Gasteiger partial charge in [0.1, 0.15) is 6.26 Å². The zero-order valence-electron chi connectivity index (χ0n) is 3.67. The van der Waals surface area contributed by atoms with Gasteiger partial charge in [-0.25, -0.2) is 0 Å². The quantitative estimate of drug-likeness (QED) is 0.364. The first-order valence-electron chi connectivity index (χ1n) is 1.80. The minimum absolute atomic E-state index is 0. The van der Waals surface area contributed by atoms with Crippen LogP contribution < -0.4 is 12.4 Å². The largest absolute Gasteiger partial charge is 1.00 e. The molecule has 0 radical (unpaired) electrons. The topological polar surface area (TPSA) is 9.23 Å². The van der Waals surface area contributed by atoms with Crippen LogP contribution in [0.1, 0.15) is 0 Å². The maximum atomic E-state index is 4.89. The molecule has 0 spiro atoms. The normalized spacial score (nSPS) is 18.3. The van der Waals surface area contributed by atoms with Crippen molar-refractivity contribution < 1.29 is 16.9 Å². The molecule has 1 aliphatic rings. The molecule has 0 N–H and O–H groups in total. The van der Waals surface area contributed by atoms with Crippen molar-refractivity contribution in [1.82, 2.24) is 0 Å². The molecule has 0 aromatic carbocycles. The highest BCUT2D eigenvalue weighted by molar-refractivity contribution is 7.36. The molecule has 1 nitrogen and oxygen atoms in total. The van der Waals surface area contributed by atoms with Gasteiger partial charge in [-0.05, 0) is 12.2 Å². The number of hydrogen-bond donors (Lipinski definition) is 0. The van der Waals surface area contributed by atoms with E-state index in [9.17, 15) is 0 Å². The third kappa shape index (κ3) is 2.67. The molecule has 7 heavy (non-hydrogen) atoms. The summed E-state index contributed by atoms with van der Waals surface area (Å²) in [5, 5.41) is 0. The minimum atomic E-state index is 0. The molecule has 0 aromatic rings. The first-order chi connectivity index (χ1) is 3.00.